The molecule has 0 atom stereocenters. The minimum atomic E-state index is -0.106. The van der Waals surface area contributed by atoms with Crippen molar-refractivity contribution in [3.05, 3.63) is 69.9 Å². The van der Waals surface area contributed by atoms with E-state index in [-0.39, 0.29) is 12.2 Å². The summed E-state index contributed by atoms with van der Waals surface area (Å²) in [5.74, 6) is 0.239. The highest BCUT2D eigenvalue weighted by molar-refractivity contribution is 6.35. The molecule has 0 spiro atoms. The summed E-state index contributed by atoms with van der Waals surface area (Å²) < 4.78 is 5.55. The zero-order chi connectivity index (χ0) is 14.1. The van der Waals surface area contributed by atoms with Crippen molar-refractivity contribution < 1.29 is 9.21 Å². The maximum absolute atomic E-state index is 12.2. The van der Waals surface area contributed by atoms with Gasteiger partial charge in [0.25, 0.3) is 0 Å². The van der Waals surface area contributed by atoms with Crippen LogP contribution in [0.3, 0.4) is 0 Å². The van der Waals surface area contributed by atoms with E-state index in [9.17, 15) is 4.79 Å². The Morgan fingerprint density at radius 3 is 2.60 bits per heavy atom. The Labute approximate surface area is 125 Å². The van der Waals surface area contributed by atoms with Gasteiger partial charge in [-0.15, -0.1) is 0 Å². The lowest BCUT2D eigenvalue weighted by Gasteiger charge is -2.02. The topological polar surface area (TPSA) is 30.2 Å². The number of Topliss-reactive ketones (excluding diaryl/α,β-unsaturated/α-hetero) is 1. The minimum absolute atomic E-state index is 0.106. The van der Waals surface area contributed by atoms with Gasteiger partial charge in [-0.1, -0.05) is 47.5 Å². The fourth-order valence-corrected chi connectivity index (χ4v) is 2.52. The van der Waals surface area contributed by atoms with Crippen LogP contribution < -0.4 is 0 Å². The van der Waals surface area contributed by atoms with Gasteiger partial charge in [0.2, 0.25) is 5.78 Å². The summed E-state index contributed by atoms with van der Waals surface area (Å²) in [6, 6.07) is 14.4. The van der Waals surface area contributed by atoms with Crippen molar-refractivity contribution in [2.75, 3.05) is 0 Å². The highest BCUT2D eigenvalue weighted by Crippen LogP contribution is 2.24. The maximum Gasteiger partial charge on any atom is 0.202 e. The van der Waals surface area contributed by atoms with Crippen molar-refractivity contribution in [3.63, 3.8) is 0 Å². The zero-order valence-electron chi connectivity index (χ0n) is 10.4. The molecule has 0 aliphatic heterocycles. The van der Waals surface area contributed by atoms with Gasteiger partial charge in [0.05, 0.1) is 0 Å². The number of halogens is 2. The van der Waals surface area contributed by atoms with E-state index in [1.165, 1.54) is 0 Å². The van der Waals surface area contributed by atoms with Gasteiger partial charge in [0.1, 0.15) is 5.58 Å². The van der Waals surface area contributed by atoms with E-state index in [4.69, 9.17) is 27.6 Å². The van der Waals surface area contributed by atoms with Crippen LogP contribution in [0.2, 0.25) is 10.0 Å². The van der Waals surface area contributed by atoms with Gasteiger partial charge in [-0.25, -0.2) is 0 Å². The number of benzene rings is 2. The number of hydrogen-bond acceptors (Lipinski definition) is 2. The third-order valence-electron chi connectivity index (χ3n) is 3.07. The second kappa shape index (κ2) is 5.31. The highest BCUT2D eigenvalue weighted by atomic mass is 35.5. The summed E-state index contributed by atoms with van der Waals surface area (Å²) in [5.41, 5.74) is 1.44. The average molecular weight is 305 g/mol. The monoisotopic (exact) mass is 304 g/mol. The molecule has 1 heterocycles. The second-order valence-electron chi connectivity index (χ2n) is 4.48. The Morgan fingerprint density at radius 2 is 1.85 bits per heavy atom. The average Bonchev–Trinajstić information content (AvgIpc) is 2.86. The summed E-state index contributed by atoms with van der Waals surface area (Å²) >= 11 is 11.9. The van der Waals surface area contributed by atoms with E-state index in [1.54, 1.807) is 24.3 Å². The lowest BCUT2D eigenvalue weighted by Crippen LogP contribution is -2.02. The minimum Gasteiger partial charge on any atom is -0.453 e. The van der Waals surface area contributed by atoms with Crippen molar-refractivity contribution >= 4 is 40.0 Å². The lowest BCUT2D eigenvalue weighted by molar-refractivity contribution is 0.0968. The molecule has 0 N–H and O–H groups in total. The molecule has 20 heavy (non-hydrogen) atoms. The first-order valence-corrected chi connectivity index (χ1v) is 6.85. The van der Waals surface area contributed by atoms with Gasteiger partial charge in [-0.3, -0.25) is 4.79 Å². The van der Waals surface area contributed by atoms with E-state index in [0.29, 0.717) is 21.4 Å². The van der Waals surface area contributed by atoms with Crippen LogP contribution in [0.1, 0.15) is 16.1 Å². The number of furan rings is 1. The third kappa shape index (κ3) is 2.58. The van der Waals surface area contributed by atoms with E-state index >= 15 is 0 Å². The molecule has 3 rings (SSSR count). The van der Waals surface area contributed by atoms with Crippen LogP contribution in [0, 0.1) is 0 Å². The van der Waals surface area contributed by atoms with Crippen molar-refractivity contribution in [2.45, 2.75) is 6.42 Å². The smallest absolute Gasteiger partial charge is 0.202 e. The first-order chi connectivity index (χ1) is 9.63. The van der Waals surface area contributed by atoms with Crippen molar-refractivity contribution in [3.8, 4) is 0 Å². The predicted octanol–water partition coefficient (Wildman–Crippen LogP) is 5.17. The number of carbonyl (C=O) groups excluding carboxylic acids is 1. The van der Waals surface area contributed by atoms with Crippen molar-refractivity contribution in [2.24, 2.45) is 0 Å². The molecule has 0 saturated heterocycles. The Kier molecular flexibility index (Phi) is 3.51. The van der Waals surface area contributed by atoms with Crippen LogP contribution in [0.4, 0.5) is 0 Å². The molecule has 1 aromatic heterocycles. The fraction of sp³-hybridized carbons (Fsp3) is 0.0625. The van der Waals surface area contributed by atoms with Gasteiger partial charge in [0, 0.05) is 21.9 Å². The molecule has 0 fully saturated rings. The van der Waals surface area contributed by atoms with Gasteiger partial charge < -0.3 is 4.42 Å². The molecule has 100 valence electrons. The van der Waals surface area contributed by atoms with Crippen molar-refractivity contribution in [1.82, 2.24) is 0 Å². The Balaban J connectivity index is 1.89. The van der Waals surface area contributed by atoms with Gasteiger partial charge in [0.15, 0.2) is 5.76 Å². The molecule has 0 bridgehead atoms. The number of hydrogen-bond donors (Lipinski definition) is 0. The number of para-hydroxylation sites is 1. The van der Waals surface area contributed by atoms with E-state index < -0.39 is 0 Å². The van der Waals surface area contributed by atoms with Gasteiger partial charge in [-0.05, 0) is 29.8 Å². The molecular formula is C16H10Cl2O2. The standard InChI is InChI=1S/C16H10Cl2O2/c17-12-6-5-10(13(18)9-12)7-14(19)16-8-11-3-1-2-4-15(11)20-16/h1-6,8-9H,7H2. The quantitative estimate of drug-likeness (QED) is 0.625. The van der Waals surface area contributed by atoms with E-state index in [0.717, 1.165) is 10.9 Å². The summed E-state index contributed by atoms with van der Waals surface area (Å²) in [7, 11) is 0. The summed E-state index contributed by atoms with van der Waals surface area (Å²) in [6.07, 6.45) is 0.190. The first kappa shape index (κ1) is 13.2. The van der Waals surface area contributed by atoms with Crippen LogP contribution in [0.15, 0.2) is 52.9 Å². The normalized spacial score (nSPS) is 10.9. The summed E-state index contributed by atoms with van der Waals surface area (Å²) in [6.45, 7) is 0. The first-order valence-electron chi connectivity index (χ1n) is 6.09. The number of fused-ring (bicyclic) bond motifs is 1. The van der Waals surface area contributed by atoms with Crippen LogP contribution in [-0.2, 0) is 6.42 Å². The summed E-state index contributed by atoms with van der Waals surface area (Å²) in [5, 5.41) is 1.95. The predicted molar refractivity (Wildman–Crippen MR) is 80.7 cm³/mol. The lowest BCUT2D eigenvalue weighted by atomic mass is 10.1. The fourth-order valence-electron chi connectivity index (χ4n) is 2.04. The molecule has 0 unspecified atom stereocenters. The Bertz CT molecular complexity index is 757. The SMILES string of the molecule is O=C(Cc1ccc(Cl)cc1Cl)c1cc2ccccc2o1. The molecule has 4 heteroatoms. The molecule has 2 aromatic carbocycles. The second-order valence-corrected chi connectivity index (χ2v) is 5.33. The molecule has 0 aliphatic rings. The molecule has 0 radical (unpaired) electrons. The zero-order valence-corrected chi connectivity index (χ0v) is 11.9. The van der Waals surface area contributed by atoms with E-state index in [2.05, 4.69) is 0 Å². The van der Waals surface area contributed by atoms with Gasteiger partial charge >= 0.3 is 0 Å². The van der Waals surface area contributed by atoms with Crippen LogP contribution in [0.5, 0.6) is 0 Å². The largest absolute Gasteiger partial charge is 0.453 e. The molecule has 0 amide bonds. The number of carbonyl (C=O) groups is 1. The number of ketones is 1. The summed E-state index contributed by atoms with van der Waals surface area (Å²) in [4.78, 5) is 12.2. The molecule has 3 aromatic rings. The molecule has 0 saturated carbocycles. The molecule has 0 aliphatic carbocycles. The molecule has 2 nitrogen and oxygen atoms in total. The Morgan fingerprint density at radius 1 is 1.05 bits per heavy atom. The van der Waals surface area contributed by atoms with Crippen LogP contribution in [0.25, 0.3) is 11.0 Å². The van der Waals surface area contributed by atoms with Crippen LogP contribution in [-0.4, -0.2) is 5.78 Å². The van der Waals surface area contributed by atoms with E-state index in [1.807, 2.05) is 24.3 Å². The Hall–Kier alpha value is -1.77. The highest BCUT2D eigenvalue weighted by Gasteiger charge is 2.14. The third-order valence-corrected chi connectivity index (χ3v) is 3.65. The van der Waals surface area contributed by atoms with Crippen molar-refractivity contribution in [1.29, 1.82) is 0 Å². The maximum atomic E-state index is 12.2. The van der Waals surface area contributed by atoms with Gasteiger partial charge in [-0.2, -0.15) is 0 Å². The number of rotatable bonds is 3. The van der Waals surface area contributed by atoms with Crippen LogP contribution >= 0.6 is 23.2 Å². The molecular weight excluding hydrogens is 295 g/mol.